The van der Waals surface area contributed by atoms with E-state index in [-0.39, 0.29) is 12.4 Å². The summed E-state index contributed by atoms with van der Waals surface area (Å²) in [5, 5.41) is 4.48. The molecule has 0 spiro atoms. The third kappa shape index (κ3) is 4.46. The lowest BCUT2D eigenvalue weighted by molar-refractivity contribution is -0.137. The molecule has 0 aliphatic carbocycles. The summed E-state index contributed by atoms with van der Waals surface area (Å²) < 4.78 is 21.3. The first-order valence-corrected chi connectivity index (χ1v) is 10.0. The predicted molar refractivity (Wildman–Crippen MR) is 120 cm³/mol. The minimum Gasteiger partial charge on any atom is -0.463 e. The molecule has 0 radical (unpaired) electrons. The minimum absolute atomic E-state index is 0.288. The van der Waals surface area contributed by atoms with Crippen LogP contribution in [0.3, 0.4) is 0 Å². The van der Waals surface area contributed by atoms with Crippen LogP contribution in [0.4, 0.5) is 4.39 Å². The van der Waals surface area contributed by atoms with Crippen molar-refractivity contribution < 1.29 is 13.9 Å². The maximum absolute atomic E-state index is 14.7. The highest BCUT2D eigenvalue weighted by molar-refractivity contribution is 5.89. The molecule has 1 heterocycles. The molecule has 0 unspecified atom stereocenters. The Balaban J connectivity index is 1.77. The summed E-state index contributed by atoms with van der Waals surface area (Å²) in [6.07, 6.45) is 4.54. The Kier molecular flexibility index (Phi) is 6.03. The largest absolute Gasteiger partial charge is 0.463 e. The summed E-state index contributed by atoms with van der Waals surface area (Å²) in [6, 6.07) is 24.5. The molecule has 0 amide bonds. The molecule has 4 rings (SSSR count). The van der Waals surface area contributed by atoms with E-state index in [2.05, 4.69) is 5.10 Å². The van der Waals surface area contributed by atoms with Gasteiger partial charge in [-0.25, -0.2) is 13.9 Å². The SMILES string of the molecule is CCOC(=O)C=Cc1cnn(-c2ccc(-c3ccccc3)cc2)c1-c1ccccc1F. The van der Waals surface area contributed by atoms with Gasteiger partial charge in [0.15, 0.2) is 0 Å². The Morgan fingerprint density at radius 2 is 1.65 bits per heavy atom. The minimum atomic E-state index is -0.457. The van der Waals surface area contributed by atoms with Crippen LogP contribution in [0.1, 0.15) is 12.5 Å². The lowest BCUT2D eigenvalue weighted by Gasteiger charge is -2.11. The lowest BCUT2D eigenvalue weighted by Crippen LogP contribution is -2.01. The molecule has 0 fully saturated rings. The predicted octanol–water partition coefficient (Wildman–Crippen LogP) is 5.92. The van der Waals surface area contributed by atoms with Gasteiger partial charge in [-0.1, -0.05) is 54.6 Å². The van der Waals surface area contributed by atoms with Crippen molar-refractivity contribution in [3.8, 4) is 28.1 Å². The van der Waals surface area contributed by atoms with Gasteiger partial charge in [0.05, 0.1) is 24.2 Å². The lowest BCUT2D eigenvalue weighted by atomic mass is 10.0. The first-order chi connectivity index (χ1) is 15.2. The molecule has 31 heavy (non-hydrogen) atoms. The van der Waals surface area contributed by atoms with E-state index in [0.29, 0.717) is 16.8 Å². The van der Waals surface area contributed by atoms with Crippen molar-refractivity contribution in [2.75, 3.05) is 6.61 Å². The Morgan fingerprint density at radius 3 is 2.35 bits per heavy atom. The van der Waals surface area contributed by atoms with E-state index >= 15 is 0 Å². The van der Waals surface area contributed by atoms with Crippen LogP contribution in [0.2, 0.25) is 0 Å². The second kappa shape index (κ2) is 9.22. The van der Waals surface area contributed by atoms with E-state index in [1.54, 1.807) is 42.1 Å². The molecule has 5 heteroatoms. The monoisotopic (exact) mass is 412 g/mol. The fourth-order valence-electron chi connectivity index (χ4n) is 3.38. The Hall–Kier alpha value is -3.99. The molecule has 0 N–H and O–H groups in total. The number of halogens is 1. The fraction of sp³-hybridized carbons (Fsp3) is 0.0769. The summed E-state index contributed by atoms with van der Waals surface area (Å²) in [5.74, 6) is -0.821. The first kappa shape index (κ1) is 20.3. The highest BCUT2D eigenvalue weighted by atomic mass is 19.1. The van der Waals surface area contributed by atoms with Crippen LogP contribution in [0.5, 0.6) is 0 Å². The number of carbonyl (C=O) groups is 1. The highest BCUT2D eigenvalue weighted by Gasteiger charge is 2.16. The Labute approximate surface area is 180 Å². The molecule has 0 saturated carbocycles. The number of nitrogens with zero attached hydrogens (tertiary/aromatic N) is 2. The number of ether oxygens (including phenoxy) is 1. The average molecular weight is 412 g/mol. The van der Waals surface area contributed by atoms with Gasteiger partial charge < -0.3 is 4.74 Å². The van der Waals surface area contributed by atoms with Crippen LogP contribution in [-0.4, -0.2) is 22.4 Å². The first-order valence-electron chi connectivity index (χ1n) is 10.0. The third-order valence-electron chi connectivity index (χ3n) is 4.83. The molecular formula is C26H21FN2O2. The van der Waals surface area contributed by atoms with Crippen molar-refractivity contribution in [1.82, 2.24) is 9.78 Å². The van der Waals surface area contributed by atoms with Crippen molar-refractivity contribution in [3.05, 3.63) is 103 Å². The molecule has 0 aliphatic heterocycles. The molecule has 0 aliphatic rings. The summed E-state index contributed by atoms with van der Waals surface area (Å²) in [5.41, 5.74) is 4.55. The van der Waals surface area contributed by atoms with Gasteiger partial charge in [0, 0.05) is 17.2 Å². The molecule has 4 aromatic rings. The number of carbonyl (C=O) groups excluding carboxylic acids is 1. The van der Waals surface area contributed by atoms with Crippen LogP contribution >= 0.6 is 0 Å². The van der Waals surface area contributed by atoms with Crippen LogP contribution in [0.15, 0.2) is 91.1 Å². The second-order valence-corrected chi connectivity index (χ2v) is 6.84. The van der Waals surface area contributed by atoms with Crippen LogP contribution in [-0.2, 0) is 9.53 Å². The molecule has 154 valence electrons. The van der Waals surface area contributed by atoms with Gasteiger partial charge in [0.25, 0.3) is 0 Å². The van der Waals surface area contributed by atoms with Gasteiger partial charge in [-0.2, -0.15) is 5.10 Å². The number of hydrogen-bond acceptors (Lipinski definition) is 3. The Bertz CT molecular complexity index is 1210. The van der Waals surface area contributed by atoms with Gasteiger partial charge in [-0.3, -0.25) is 0 Å². The van der Waals surface area contributed by atoms with E-state index in [1.165, 1.54) is 12.1 Å². The standard InChI is InChI=1S/C26H21FN2O2/c1-2-31-25(30)17-14-21-18-28-29(26(21)23-10-6-7-11-24(23)27)22-15-12-20(13-16-22)19-8-4-3-5-9-19/h3-18H,2H2,1H3. The van der Waals surface area contributed by atoms with Gasteiger partial charge in [0.2, 0.25) is 0 Å². The summed E-state index contributed by atoms with van der Waals surface area (Å²) >= 11 is 0. The Morgan fingerprint density at radius 1 is 0.968 bits per heavy atom. The number of hydrogen-bond donors (Lipinski definition) is 0. The fourth-order valence-corrected chi connectivity index (χ4v) is 3.38. The second-order valence-electron chi connectivity index (χ2n) is 6.84. The molecule has 1 aromatic heterocycles. The maximum Gasteiger partial charge on any atom is 0.330 e. The molecule has 4 nitrogen and oxygen atoms in total. The van der Waals surface area contributed by atoms with E-state index in [4.69, 9.17) is 4.74 Å². The topological polar surface area (TPSA) is 44.1 Å². The van der Waals surface area contributed by atoms with Gasteiger partial charge in [0.1, 0.15) is 5.82 Å². The molecule has 0 atom stereocenters. The van der Waals surface area contributed by atoms with E-state index < -0.39 is 5.97 Å². The molecule has 0 bridgehead atoms. The summed E-state index contributed by atoms with van der Waals surface area (Å²) in [6.45, 7) is 2.03. The zero-order valence-corrected chi connectivity index (χ0v) is 17.0. The third-order valence-corrected chi connectivity index (χ3v) is 4.83. The van der Waals surface area contributed by atoms with Gasteiger partial charge in [-0.15, -0.1) is 0 Å². The van der Waals surface area contributed by atoms with Crippen LogP contribution < -0.4 is 0 Å². The average Bonchev–Trinajstić information content (AvgIpc) is 3.22. The van der Waals surface area contributed by atoms with E-state index in [9.17, 15) is 9.18 Å². The van der Waals surface area contributed by atoms with Crippen molar-refractivity contribution in [1.29, 1.82) is 0 Å². The summed E-state index contributed by atoms with van der Waals surface area (Å²) in [7, 11) is 0. The van der Waals surface area contributed by atoms with E-state index in [1.807, 2.05) is 54.6 Å². The summed E-state index contributed by atoms with van der Waals surface area (Å²) in [4.78, 5) is 11.8. The number of rotatable bonds is 6. The van der Waals surface area contributed by atoms with Crippen molar-refractivity contribution in [2.24, 2.45) is 0 Å². The number of benzene rings is 3. The van der Waals surface area contributed by atoms with E-state index in [0.717, 1.165) is 16.8 Å². The van der Waals surface area contributed by atoms with Crippen LogP contribution in [0, 0.1) is 5.82 Å². The maximum atomic E-state index is 14.7. The van der Waals surface area contributed by atoms with Crippen LogP contribution in [0.25, 0.3) is 34.1 Å². The molecular weight excluding hydrogens is 391 g/mol. The van der Waals surface area contributed by atoms with Crippen molar-refractivity contribution in [2.45, 2.75) is 6.92 Å². The molecule has 0 saturated heterocycles. The zero-order valence-electron chi connectivity index (χ0n) is 17.0. The smallest absolute Gasteiger partial charge is 0.330 e. The highest BCUT2D eigenvalue weighted by Crippen LogP contribution is 2.30. The quantitative estimate of drug-likeness (QED) is 0.292. The number of esters is 1. The van der Waals surface area contributed by atoms with Crippen molar-refractivity contribution >= 4 is 12.0 Å². The molecule has 3 aromatic carbocycles. The van der Waals surface area contributed by atoms with Gasteiger partial charge >= 0.3 is 5.97 Å². The van der Waals surface area contributed by atoms with Gasteiger partial charge in [-0.05, 0) is 48.4 Å². The normalized spacial score (nSPS) is 11.0. The zero-order chi connectivity index (χ0) is 21.6. The van der Waals surface area contributed by atoms with Crippen molar-refractivity contribution in [3.63, 3.8) is 0 Å². The number of aromatic nitrogens is 2.